The first-order chi connectivity index (χ1) is 13.2. The summed E-state index contributed by atoms with van der Waals surface area (Å²) in [6.45, 7) is 0.506. The van der Waals surface area contributed by atoms with E-state index < -0.39 is 10.0 Å². The SMILES string of the molecule is CN(C)S(=O)(=O)C[C@@H]1COC[C@H]1n1ccnc1-c1cccn(C)c1=O.O=CO. The van der Waals surface area contributed by atoms with Gasteiger partial charge in [0.15, 0.2) is 0 Å². The Morgan fingerprint density at radius 2 is 2.04 bits per heavy atom. The van der Waals surface area contributed by atoms with E-state index in [0.29, 0.717) is 24.6 Å². The predicted molar refractivity (Wildman–Crippen MR) is 102 cm³/mol. The number of hydrogen-bond donors (Lipinski definition) is 1. The molecule has 11 heteroatoms. The highest BCUT2D eigenvalue weighted by molar-refractivity contribution is 7.89. The molecule has 0 spiro atoms. The van der Waals surface area contributed by atoms with Crippen LogP contribution in [0.5, 0.6) is 0 Å². The average molecular weight is 412 g/mol. The lowest BCUT2D eigenvalue weighted by Crippen LogP contribution is -2.32. The first-order valence-electron chi connectivity index (χ1n) is 8.47. The van der Waals surface area contributed by atoms with Crippen molar-refractivity contribution in [1.29, 1.82) is 0 Å². The van der Waals surface area contributed by atoms with Gasteiger partial charge >= 0.3 is 0 Å². The van der Waals surface area contributed by atoms with E-state index in [2.05, 4.69) is 4.98 Å². The van der Waals surface area contributed by atoms with Gasteiger partial charge in [0.1, 0.15) is 5.82 Å². The molecule has 0 radical (unpaired) electrons. The Bertz CT molecular complexity index is 966. The number of ether oxygens (including phenoxy) is 1. The van der Waals surface area contributed by atoms with Gasteiger partial charge in [0.25, 0.3) is 12.0 Å². The third kappa shape index (κ3) is 4.66. The molecule has 1 aliphatic heterocycles. The predicted octanol–water partition coefficient (Wildman–Crippen LogP) is 0.0285. The molecule has 2 aromatic heterocycles. The van der Waals surface area contributed by atoms with Gasteiger partial charge in [0, 0.05) is 45.7 Å². The van der Waals surface area contributed by atoms with Gasteiger partial charge in [-0.1, -0.05) is 0 Å². The van der Waals surface area contributed by atoms with Crippen molar-refractivity contribution in [3.8, 4) is 11.4 Å². The Morgan fingerprint density at radius 3 is 2.68 bits per heavy atom. The van der Waals surface area contributed by atoms with Crippen LogP contribution in [-0.4, -0.2) is 71.5 Å². The van der Waals surface area contributed by atoms with E-state index in [0.717, 1.165) is 0 Å². The Morgan fingerprint density at radius 1 is 1.36 bits per heavy atom. The third-order valence-electron chi connectivity index (χ3n) is 4.54. The Kier molecular flexibility index (Phi) is 7.11. The molecule has 3 rings (SSSR count). The Labute approximate surface area is 163 Å². The van der Waals surface area contributed by atoms with Crippen LogP contribution in [-0.2, 0) is 26.6 Å². The number of pyridine rings is 1. The fraction of sp³-hybridized carbons (Fsp3) is 0.471. The minimum absolute atomic E-state index is 0.00487. The molecule has 1 aliphatic rings. The van der Waals surface area contributed by atoms with Gasteiger partial charge in [-0.15, -0.1) is 0 Å². The zero-order valence-corrected chi connectivity index (χ0v) is 16.7. The van der Waals surface area contributed by atoms with E-state index in [4.69, 9.17) is 14.6 Å². The largest absolute Gasteiger partial charge is 0.483 e. The average Bonchev–Trinajstić information content (AvgIpc) is 3.26. The monoisotopic (exact) mass is 412 g/mol. The number of nitrogens with zero attached hydrogens (tertiary/aromatic N) is 4. The summed E-state index contributed by atoms with van der Waals surface area (Å²) in [7, 11) is 1.39. The van der Waals surface area contributed by atoms with Crippen molar-refractivity contribution in [1.82, 2.24) is 18.4 Å². The van der Waals surface area contributed by atoms with Crippen LogP contribution in [0.4, 0.5) is 0 Å². The van der Waals surface area contributed by atoms with Gasteiger partial charge < -0.3 is 19.0 Å². The standard InChI is InChI=1S/C16H22N4O4S.CH2O2/c1-18(2)25(22,23)11-12-9-24-10-14(12)20-8-6-17-15(20)13-5-4-7-19(3)16(13)21;2-1-3/h4-8,12,14H,9-11H2,1-3H3;1H,(H,2,3)/t12-,14+;/m0./s1. The van der Waals surface area contributed by atoms with Crippen molar-refractivity contribution in [2.75, 3.05) is 33.1 Å². The Balaban J connectivity index is 0.000000878. The molecule has 3 heterocycles. The van der Waals surface area contributed by atoms with E-state index >= 15 is 0 Å². The maximum Gasteiger partial charge on any atom is 0.290 e. The fourth-order valence-corrected chi connectivity index (χ4v) is 4.19. The minimum Gasteiger partial charge on any atom is -0.483 e. The molecular weight excluding hydrogens is 388 g/mol. The number of imidazole rings is 1. The summed E-state index contributed by atoms with van der Waals surface area (Å²) >= 11 is 0. The molecule has 0 amide bonds. The normalized spacial score (nSPS) is 19.3. The van der Waals surface area contributed by atoms with Gasteiger partial charge in [-0.05, 0) is 12.1 Å². The van der Waals surface area contributed by atoms with Crippen LogP contribution < -0.4 is 5.56 Å². The summed E-state index contributed by atoms with van der Waals surface area (Å²) in [5.74, 6) is 0.326. The first kappa shape index (κ1) is 21.8. The van der Waals surface area contributed by atoms with E-state index in [-0.39, 0.29) is 29.7 Å². The molecule has 154 valence electrons. The van der Waals surface area contributed by atoms with Crippen molar-refractivity contribution in [2.24, 2.45) is 13.0 Å². The molecule has 1 fully saturated rings. The molecule has 0 bridgehead atoms. The number of carbonyl (C=O) groups is 1. The van der Waals surface area contributed by atoms with Gasteiger partial charge in [0.05, 0.1) is 30.6 Å². The van der Waals surface area contributed by atoms with Crippen LogP contribution in [0.15, 0.2) is 35.5 Å². The number of sulfonamides is 1. The first-order valence-corrected chi connectivity index (χ1v) is 10.1. The summed E-state index contributed by atoms with van der Waals surface area (Å²) < 4.78 is 34.6. The maximum absolute atomic E-state index is 12.4. The molecule has 10 nitrogen and oxygen atoms in total. The molecular formula is C17H24N4O6S. The van der Waals surface area contributed by atoms with Crippen LogP contribution in [0.2, 0.25) is 0 Å². The molecule has 28 heavy (non-hydrogen) atoms. The van der Waals surface area contributed by atoms with Crippen molar-refractivity contribution < 1.29 is 23.1 Å². The number of rotatable bonds is 5. The molecule has 2 aromatic rings. The van der Waals surface area contributed by atoms with Gasteiger partial charge in [-0.25, -0.2) is 17.7 Å². The smallest absolute Gasteiger partial charge is 0.290 e. The summed E-state index contributed by atoms with van der Waals surface area (Å²) in [6.07, 6.45) is 5.08. The molecule has 1 N–H and O–H groups in total. The number of carboxylic acid groups (broad SMARTS) is 1. The summed E-state index contributed by atoms with van der Waals surface area (Å²) in [5.41, 5.74) is 0.336. The Hall–Kier alpha value is -2.50. The maximum atomic E-state index is 12.4. The summed E-state index contributed by atoms with van der Waals surface area (Å²) in [5, 5.41) is 6.89. The number of aromatic nitrogens is 3. The lowest BCUT2D eigenvalue weighted by molar-refractivity contribution is -0.122. The summed E-state index contributed by atoms with van der Waals surface area (Å²) in [4.78, 5) is 25.1. The zero-order chi connectivity index (χ0) is 20.9. The summed E-state index contributed by atoms with van der Waals surface area (Å²) in [6, 6.07) is 3.33. The quantitative estimate of drug-likeness (QED) is 0.687. The topological polar surface area (TPSA) is 124 Å². The van der Waals surface area contributed by atoms with Crippen LogP contribution in [0.3, 0.4) is 0 Å². The highest BCUT2D eigenvalue weighted by atomic mass is 32.2. The van der Waals surface area contributed by atoms with Crippen molar-refractivity contribution in [2.45, 2.75) is 6.04 Å². The number of aryl methyl sites for hydroxylation is 1. The van der Waals surface area contributed by atoms with Crippen molar-refractivity contribution in [3.63, 3.8) is 0 Å². The molecule has 2 atom stereocenters. The second kappa shape index (κ2) is 9.13. The molecule has 0 aliphatic carbocycles. The lowest BCUT2D eigenvalue weighted by Gasteiger charge is -2.22. The van der Waals surface area contributed by atoms with Crippen molar-refractivity contribution >= 4 is 16.5 Å². The second-order valence-electron chi connectivity index (χ2n) is 6.53. The molecule has 1 saturated heterocycles. The van der Waals surface area contributed by atoms with E-state index in [1.165, 1.54) is 23.0 Å². The van der Waals surface area contributed by atoms with Gasteiger partial charge in [-0.2, -0.15) is 0 Å². The van der Waals surface area contributed by atoms with E-state index in [9.17, 15) is 13.2 Å². The van der Waals surface area contributed by atoms with E-state index in [1.54, 1.807) is 37.8 Å². The molecule has 0 saturated carbocycles. The van der Waals surface area contributed by atoms with Crippen LogP contribution in [0, 0.1) is 5.92 Å². The minimum atomic E-state index is -3.34. The zero-order valence-electron chi connectivity index (χ0n) is 15.9. The third-order valence-corrected chi connectivity index (χ3v) is 6.50. The molecule has 0 aromatic carbocycles. The van der Waals surface area contributed by atoms with Crippen LogP contribution in [0.1, 0.15) is 6.04 Å². The lowest BCUT2D eigenvalue weighted by atomic mass is 10.1. The highest BCUT2D eigenvalue weighted by Gasteiger charge is 2.35. The van der Waals surface area contributed by atoms with Gasteiger partial charge in [-0.3, -0.25) is 9.59 Å². The molecule has 0 unspecified atom stereocenters. The van der Waals surface area contributed by atoms with Crippen LogP contribution >= 0.6 is 0 Å². The second-order valence-corrected chi connectivity index (χ2v) is 8.75. The van der Waals surface area contributed by atoms with E-state index in [1.807, 2.05) is 4.57 Å². The fourth-order valence-electron chi connectivity index (χ4n) is 3.03. The van der Waals surface area contributed by atoms with Crippen molar-refractivity contribution in [3.05, 3.63) is 41.1 Å². The van der Waals surface area contributed by atoms with Gasteiger partial charge in [0.2, 0.25) is 10.0 Å². The highest BCUT2D eigenvalue weighted by Crippen LogP contribution is 2.30. The number of hydrogen-bond acceptors (Lipinski definition) is 6. The van der Waals surface area contributed by atoms with Crippen LogP contribution in [0.25, 0.3) is 11.4 Å².